The largest absolute Gasteiger partial charge is 0.326 e. The van der Waals surface area contributed by atoms with Gasteiger partial charge in [-0.1, -0.05) is 12.1 Å². The number of anilines is 1. The number of carbonyl (C=O) groups is 2. The van der Waals surface area contributed by atoms with Crippen LogP contribution in [0.25, 0.3) is 0 Å². The molecule has 0 heterocycles. The number of benzene rings is 1. The Labute approximate surface area is 161 Å². The maximum atomic E-state index is 12.9. The minimum atomic E-state index is -0.206. The fourth-order valence-electron chi connectivity index (χ4n) is 5.85. The minimum absolute atomic E-state index is 0.0695. The van der Waals surface area contributed by atoms with Gasteiger partial charge in [-0.05, 0) is 87.8 Å². The van der Waals surface area contributed by atoms with Gasteiger partial charge >= 0.3 is 0 Å². The van der Waals surface area contributed by atoms with Crippen molar-refractivity contribution < 1.29 is 9.59 Å². The topological polar surface area (TPSA) is 70.6 Å². The number of hydrogen-bond acceptors (Lipinski definition) is 3. The van der Waals surface area contributed by atoms with Gasteiger partial charge in [-0.2, -0.15) is 5.10 Å². The van der Waals surface area contributed by atoms with Gasteiger partial charge in [0.1, 0.15) is 0 Å². The van der Waals surface area contributed by atoms with E-state index in [1.54, 1.807) is 6.92 Å². The number of carbonyl (C=O) groups excluding carboxylic acids is 2. The van der Waals surface area contributed by atoms with Crippen molar-refractivity contribution in [3.8, 4) is 0 Å². The third kappa shape index (κ3) is 3.92. The molecule has 0 atom stereocenters. The van der Waals surface area contributed by atoms with E-state index in [9.17, 15) is 9.59 Å². The monoisotopic (exact) mass is 367 g/mol. The van der Waals surface area contributed by atoms with Crippen LogP contribution < -0.4 is 10.7 Å². The van der Waals surface area contributed by atoms with Crippen LogP contribution in [0.4, 0.5) is 5.69 Å². The first-order chi connectivity index (χ1) is 12.9. The summed E-state index contributed by atoms with van der Waals surface area (Å²) in [6.45, 7) is 3.78. The molecular weight excluding hydrogens is 338 g/mol. The van der Waals surface area contributed by atoms with Gasteiger partial charge < -0.3 is 5.32 Å². The van der Waals surface area contributed by atoms with Gasteiger partial charge in [0.25, 0.3) is 0 Å². The van der Waals surface area contributed by atoms with Gasteiger partial charge in [0, 0.05) is 11.4 Å². The quantitative estimate of drug-likeness (QED) is 0.609. The van der Waals surface area contributed by atoms with Crippen molar-refractivity contribution in [1.29, 1.82) is 0 Å². The molecule has 5 rings (SSSR count). The van der Waals surface area contributed by atoms with Gasteiger partial charge in [0.05, 0.1) is 11.8 Å². The number of nitrogens with zero attached hydrogens (tertiary/aromatic N) is 1. The Morgan fingerprint density at radius 2 is 1.74 bits per heavy atom. The summed E-state index contributed by atoms with van der Waals surface area (Å²) in [7, 11) is 0. The number of nitrogens with one attached hydrogen (secondary N) is 2. The van der Waals surface area contributed by atoms with Crippen molar-refractivity contribution in [3.05, 3.63) is 29.8 Å². The highest BCUT2D eigenvalue weighted by Gasteiger charge is 2.54. The molecule has 4 bridgehead atoms. The molecular formula is C22H29N3O2. The molecule has 0 saturated heterocycles. The van der Waals surface area contributed by atoms with Gasteiger partial charge in [-0.25, -0.2) is 5.43 Å². The molecule has 0 unspecified atom stereocenters. The first-order valence-electron chi connectivity index (χ1n) is 10.1. The molecule has 5 heteroatoms. The lowest BCUT2D eigenvalue weighted by Crippen LogP contribution is -2.52. The van der Waals surface area contributed by atoms with Gasteiger partial charge in [0.2, 0.25) is 11.8 Å². The molecule has 1 aromatic rings. The zero-order valence-electron chi connectivity index (χ0n) is 16.3. The second-order valence-corrected chi connectivity index (χ2v) is 9.08. The van der Waals surface area contributed by atoms with Crippen LogP contribution in [0.5, 0.6) is 0 Å². The lowest BCUT2D eigenvalue weighted by atomic mass is 9.49. The second kappa shape index (κ2) is 7.10. The van der Waals surface area contributed by atoms with E-state index in [0.717, 1.165) is 48.3 Å². The second-order valence-electron chi connectivity index (χ2n) is 9.08. The smallest absolute Gasteiger partial charge is 0.246 e. The Kier molecular flexibility index (Phi) is 4.79. The molecule has 2 amide bonds. The van der Waals surface area contributed by atoms with Crippen LogP contribution >= 0.6 is 0 Å². The highest BCUT2D eigenvalue weighted by molar-refractivity contribution is 6.05. The number of hydrazone groups is 1. The Morgan fingerprint density at radius 3 is 2.33 bits per heavy atom. The van der Waals surface area contributed by atoms with E-state index in [2.05, 4.69) is 15.8 Å². The highest BCUT2D eigenvalue weighted by Crippen LogP contribution is 2.60. The predicted octanol–water partition coefficient (Wildman–Crippen LogP) is 4.03. The normalized spacial score (nSPS) is 31.6. The molecule has 4 aliphatic carbocycles. The maximum Gasteiger partial charge on any atom is 0.246 e. The van der Waals surface area contributed by atoms with Crippen LogP contribution in [0.3, 0.4) is 0 Å². The van der Waals surface area contributed by atoms with Gasteiger partial charge in [-0.3, -0.25) is 9.59 Å². The molecule has 1 aromatic carbocycles. The molecule has 144 valence electrons. The van der Waals surface area contributed by atoms with Crippen molar-refractivity contribution >= 4 is 23.2 Å². The van der Waals surface area contributed by atoms with Crippen molar-refractivity contribution in [1.82, 2.24) is 5.43 Å². The summed E-state index contributed by atoms with van der Waals surface area (Å²) in [6, 6.07) is 7.70. The first kappa shape index (κ1) is 18.2. The Morgan fingerprint density at radius 1 is 1.11 bits per heavy atom. The SMILES string of the molecule is C/C(CC(=O)Nc1cccc(C)c1)=N/NC(=O)C12CC3CC(CC(C3)C1)C2. The number of amides is 2. The molecule has 0 radical (unpaired) electrons. The fraction of sp³-hybridized carbons (Fsp3) is 0.591. The fourth-order valence-corrected chi connectivity index (χ4v) is 5.85. The lowest BCUT2D eigenvalue weighted by Gasteiger charge is -2.55. The Bertz CT molecular complexity index is 748. The van der Waals surface area contributed by atoms with Crippen LogP contribution in [0, 0.1) is 30.1 Å². The summed E-state index contributed by atoms with van der Waals surface area (Å²) in [5.74, 6) is 2.14. The summed E-state index contributed by atoms with van der Waals surface area (Å²) in [4.78, 5) is 25.1. The average Bonchev–Trinajstić information content (AvgIpc) is 2.58. The van der Waals surface area contributed by atoms with Crippen LogP contribution in [0.2, 0.25) is 0 Å². The summed E-state index contributed by atoms with van der Waals surface area (Å²) in [5, 5.41) is 7.11. The standard InChI is InChI=1S/C22H29N3O2/c1-14-4-3-5-19(6-14)23-20(26)7-15(2)24-25-21(27)22-11-16-8-17(12-22)10-18(9-16)13-22/h3-6,16-18H,7-13H2,1-2H3,(H,23,26)(H,25,27)/b24-15-. The van der Waals surface area contributed by atoms with E-state index >= 15 is 0 Å². The van der Waals surface area contributed by atoms with Crippen molar-refractivity contribution in [3.63, 3.8) is 0 Å². The van der Waals surface area contributed by atoms with E-state index in [-0.39, 0.29) is 23.7 Å². The zero-order chi connectivity index (χ0) is 19.0. The molecule has 4 saturated carbocycles. The lowest BCUT2D eigenvalue weighted by molar-refractivity contribution is -0.146. The molecule has 4 aliphatic rings. The Hall–Kier alpha value is -2.17. The van der Waals surface area contributed by atoms with E-state index in [1.165, 1.54) is 19.3 Å². The third-order valence-corrected chi connectivity index (χ3v) is 6.59. The van der Waals surface area contributed by atoms with Gasteiger partial charge in [-0.15, -0.1) is 0 Å². The summed E-state index contributed by atoms with van der Waals surface area (Å²) in [5.41, 5.74) is 5.09. The Balaban J connectivity index is 1.32. The highest BCUT2D eigenvalue weighted by atomic mass is 16.2. The van der Waals surface area contributed by atoms with Crippen LogP contribution in [0.15, 0.2) is 29.4 Å². The van der Waals surface area contributed by atoms with Crippen molar-refractivity contribution in [2.24, 2.45) is 28.3 Å². The molecule has 0 aliphatic heterocycles. The average molecular weight is 367 g/mol. The van der Waals surface area contributed by atoms with Gasteiger partial charge in [0.15, 0.2) is 0 Å². The summed E-state index contributed by atoms with van der Waals surface area (Å²) < 4.78 is 0. The molecule has 27 heavy (non-hydrogen) atoms. The zero-order valence-corrected chi connectivity index (χ0v) is 16.3. The predicted molar refractivity (Wildman–Crippen MR) is 106 cm³/mol. The summed E-state index contributed by atoms with van der Waals surface area (Å²) in [6.07, 6.45) is 7.18. The van der Waals surface area contributed by atoms with Crippen LogP contribution in [-0.4, -0.2) is 17.5 Å². The molecule has 0 spiro atoms. The van der Waals surface area contributed by atoms with Crippen LogP contribution in [0.1, 0.15) is 57.4 Å². The molecule has 2 N–H and O–H groups in total. The van der Waals surface area contributed by atoms with E-state index in [0.29, 0.717) is 5.71 Å². The number of aryl methyl sites for hydroxylation is 1. The molecule has 4 fully saturated rings. The first-order valence-corrected chi connectivity index (χ1v) is 10.1. The van der Waals surface area contributed by atoms with Crippen molar-refractivity contribution in [2.45, 2.75) is 58.8 Å². The van der Waals surface area contributed by atoms with E-state index in [4.69, 9.17) is 0 Å². The van der Waals surface area contributed by atoms with Crippen LogP contribution in [-0.2, 0) is 9.59 Å². The number of rotatable bonds is 5. The maximum absolute atomic E-state index is 12.9. The molecule has 0 aromatic heterocycles. The summed E-state index contributed by atoms with van der Waals surface area (Å²) >= 11 is 0. The van der Waals surface area contributed by atoms with E-state index < -0.39 is 0 Å². The molecule has 5 nitrogen and oxygen atoms in total. The van der Waals surface area contributed by atoms with E-state index in [1.807, 2.05) is 31.2 Å². The van der Waals surface area contributed by atoms with Crippen molar-refractivity contribution in [2.75, 3.05) is 5.32 Å². The minimum Gasteiger partial charge on any atom is -0.326 e. The third-order valence-electron chi connectivity index (χ3n) is 6.59. The number of hydrogen-bond donors (Lipinski definition) is 2.